The van der Waals surface area contributed by atoms with Crippen LogP contribution in [0.1, 0.15) is 72.1 Å². The van der Waals surface area contributed by atoms with Gasteiger partial charge in [-0.15, -0.1) is 0 Å². The van der Waals surface area contributed by atoms with Gasteiger partial charge in [-0.25, -0.2) is 0 Å². The zero-order valence-electron chi connectivity index (χ0n) is 14.0. The van der Waals surface area contributed by atoms with Gasteiger partial charge >= 0.3 is 0 Å². The summed E-state index contributed by atoms with van der Waals surface area (Å²) in [5, 5.41) is 5.73. The fourth-order valence-corrected chi connectivity index (χ4v) is 2.85. The molecular formula is C17H32N2O2. The normalized spacial score (nSPS) is 16.5. The molecule has 4 heteroatoms. The van der Waals surface area contributed by atoms with Gasteiger partial charge in [0.15, 0.2) is 0 Å². The van der Waals surface area contributed by atoms with E-state index in [0.29, 0.717) is 25.9 Å². The predicted molar refractivity (Wildman–Crippen MR) is 85.9 cm³/mol. The molecule has 0 saturated heterocycles. The van der Waals surface area contributed by atoms with Gasteiger partial charge in [0.05, 0.1) is 0 Å². The molecule has 122 valence electrons. The lowest BCUT2D eigenvalue weighted by Crippen LogP contribution is -2.36. The summed E-state index contributed by atoms with van der Waals surface area (Å²) < 4.78 is 0. The second kappa shape index (κ2) is 9.06. The highest BCUT2D eigenvalue weighted by Gasteiger charge is 2.16. The Labute approximate surface area is 129 Å². The molecule has 0 atom stereocenters. The van der Waals surface area contributed by atoms with Crippen LogP contribution in [0.5, 0.6) is 0 Å². The van der Waals surface area contributed by atoms with E-state index in [1.54, 1.807) is 0 Å². The van der Waals surface area contributed by atoms with Crippen molar-refractivity contribution in [1.82, 2.24) is 10.6 Å². The highest BCUT2D eigenvalue weighted by Crippen LogP contribution is 2.27. The van der Waals surface area contributed by atoms with Gasteiger partial charge < -0.3 is 10.6 Å². The Morgan fingerprint density at radius 1 is 0.952 bits per heavy atom. The van der Waals surface area contributed by atoms with Gasteiger partial charge in [0.25, 0.3) is 0 Å². The predicted octanol–water partition coefficient (Wildman–Crippen LogP) is 3.02. The van der Waals surface area contributed by atoms with Crippen molar-refractivity contribution >= 4 is 11.8 Å². The second-order valence-electron chi connectivity index (χ2n) is 7.48. The molecule has 0 aromatic carbocycles. The Morgan fingerprint density at radius 2 is 1.52 bits per heavy atom. The lowest BCUT2D eigenvalue weighted by Gasteiger charge is -2.21. The van der Waals surface area contributed by atoms with Gasteiger partial charge in [-0.3, -0.25) is 9.59 Å². The van der Waals surface area contributed by atoms with Crippen LogP contribution in [-0.4, -0.2) is 24.9 Å². The van der Waals surface area contributed by atoms with Crippen LogP contribution in [0.3, 0.4) is 0 Å². The Morgan fingerprint density at radius 3 is 2.10 bits per heavy atom. The van der Waals surface area contributed by atoms with E-state index in [1.807, 2.05) is 20.8 Å². The number of hydrogen-bond acceptors (Lipinski definition) is 2. The molecule has 0 radical (unpaired) electrons. The zero-order valence-corrected chi connectivity index (χ0v) is 14.0. The number of amides is 2. The number of nitrogens with one attached hydrogen (secondary N) is 2. The molecule has 1 fully saturated rings. The summed E-state index contributed by atoms with van der Waals surface area (Å²) in [4.78, 5) is 23.3. The minimum absolute atomic E-state index is 0.00727. The van der Waals surface area contributed by atoms with Crippen molar-refractivity contribution in [2.45, 2.75) is 72.1 Å². The SMILES string of the molecule is CC(C)(C)CC(=O)NCCNC(=O)CCC1CCCCC1. The molecule has 2 amide bonds. The molecule has 4 nitrogen and oxygen atoms in total. The van der Waals surface area contributed by atoms with Crippen LogP contribution in [0.25, 0.3) is 0 Å². The van der Waals surface area contributed by atoms with Crippen molar-refractivity contribution in [2.24, 2.45) is 11.3 Å². The fourth-order valence-electron chi connectivity index (χ4n) is 2.85. The summed E-state index contributed by atoms with van der Waals surface area (Å²) in [6.45, 7) is 7.17. The maximum absolute atomic E-state index is 11.7. The molecule has 1 aliphatic carbocycles. The summed E-state index contributed by atoms with van der Waals surface area (Å²) in [5.41, 5.74) is 0.00727. The molecule has 0 unspecified atom stereocenters. The number of carbonyl (C=O) groups excluding carboxylic acids is 2. The Hall–Kier alpha value is -1.06. The maximum Gasteiger partial charge on any atom is 0.220 e. The topological polar surface area (TPSA) is 58.2 Å². The summed E-state index contributed by atoms with van der Waals surface area (Å²) in [6.07, 6.45) is 8.74. The van der Waals surface area contributed by atoms with Gasteiger partial charge in [-0.1, -0.05) is 52.9 Å². The van der Waals surface area contributed by atoms with E-state index in [4.69, 9.17) is 0 Å². The van der Waals surface area contributed by atoms with Crippen molar-refractivity contribution in [1.29, 1.82) is 0 Å². The quantitative estimate of drug-likeness (QED) is 0.710. The second-order valence-corrected chi connectivity index (χ2v) is 7.48. The van der Waals surface area contributed by atoms with E-state index >= 15 is 0 Å². The summed E-state index contributed by atoms with van der Waals surface area (Å²) in [6, 6.07) is 0. The minimum Gasteiger partial charge on any atom is -0.354 e. The minimum atomic E-state index is 0.00727. The van der Waals surface area contributed by atoms with Crippen LogP contribution in [0.15, 0.2) is 0 Å². The molecule has 1 saturated carbocycles. The molecular weight excluding hydrogens is 264 g/mol. The first-order chi connectivity index (χ1) is 9.87. The fraction of sp³-hybridized carbons (Fsp3) is 0.882. The Kier molecular flexibility index (Phi) is 7.76. The number of carbonyl (C=O) groups is 2. The van der Waals surface area contributed by atoms with Gasteiger partial charge in [-0.2, -0.15) is 0 Å². The third-order valence-electron chi connectivity index (χ3n) is 3.96. The smallest absolute Gasteiger partial charge is 0.220 e. The van der Waals surface area contributed by atoms with E-state index in [2.05, 4.69) is 10.6 Å². The molecule has 0 spiro atoms. The first-order valence-electron chi connectivity index (χ1n) is 8.40. The van der Waals surface area contributed by atoms with E-state index in [9.17, 15) is 9.59 Å². The van der Waals surface area contributed by atoms with E-state index < -0.39 is 0 Å². The first-order valence-corrected chi connectivity index (χ1v) is 8.40. The van der Waals surface area contributed by atoms with Crippen molar-refractivity contribution in [3.63, 3.8) is 0 Å². The lowest BCUT2D eigenvalue weighted by molar-refractivity contribution is -0.124. The molecule has 2 N–H and O–H groups in total. The molecule has 0 aliphatic heterocycles. The van der Waals surface area contributed by atoms with Crippen LogP contribution in [0, 0.1) is 11.3 Å². The number of hydrogen-bond donors (Lipinski definition) is 2. The zero-order chi connectivity index (χ0) is 15.7. The van der Waals surface area contributed by atoms with Crippen molar-refractivity contribution < 1.29 is 9.59 Å². The molecule has 21 heavy (non-hydrogen) atoms. The average Bonchev–Trinajstić information content (AvgIpc) is 2.40. The average molecular weight is 296 g/mol. The van der Waals surface area contributed by atoms with Crippen molar-refractivity contribution in [3.8, 4) is 0 Å². The summed E-state index contributed by atoms with van der Waals surface area (Å²) >= 11 is 0. The summed E-state index contributed by atoms with van der Waals surface area (Å²) in [7, 11) is 0. The van der Waals surface area contributed by atoms with Gasteiger partial charge in [0, 0.05) is 25.9 Å². The Bertz CT molecular complexity index is 328. The largest absolute Gasteiger partial charge is 0.354 e. The standard InChI is InChI=1S/C17H32N2O2/c1-17(2,3)13-16(21)19-12-11-18-15(20)10-9-14-7-5-4-6-8-14/h14H,4-13H2,1-3H3,(H,18,20)(H,19,21). The van der Waals surface area contributed by atoms with E-state index in [1.165, 1.54) is 32.1 Å². The molecule has 0 heterocycles. The van der Waals surface area contributed by atoms with Crippen molar-refractivity contribution in [2.75, 3.05) is 13.1 Å². The lowest BCUT2D eigenvalue weighted by atomic mass is 9.86. The number of rotatable bonds is 7. The highest BCUT2D eigenvalue weighted by atomic mass is 16.2. The van der Waals surface area contributed by atoms with Crippen LogP contribution < -0.4 is 10.6 Å². The van der Waals surface area contributed by atoms with Crippen LogP contribution in [-0.2, 0) is 9.59 Å². The Balaban J connectivity index is 2.01. The van der Waals surface area contributed by atoms with Gasteiger partial charge in [0.2, 0.25) is 11.8 Å². The van der Waals surface area contributed by atoms with Gasteiger partial charge in [0.1, 0.15) is 0 Å². The third kappa shape index (κ3) is 9.48. The highest BCUT2D eigenvalue weighted by molar-refractivity contribution is 5.77. The van der Waals surface area contributed by atoms with Crippen LogP contribution in [0.2, 0.25) is 0 Å². The third-order valence-corrected chi connectivity index (χ3v) is 3.96. The molecule has 1 rings (SSSR count). The maximum atomic E-state index is 11.7. The van der Waals surface area contributed by atoms with E-state index in [-0.39, 0.29) is 17.2 Å². The van der Waals surface area contributed by atoms with Gasteiger partial charge in [-0.05, 0) is 17.8 Å². The molecule has 1 aliphatic rings. The van der Waals surface area contributed by atoms with Crippen LogP contribution in [0.4, 0.5) is 0 Å². The summed E-state index contributed by atoms with van der Waals surface area (Å²) in [5.74, 6) is 0.917. The monoisotopic (exact) mass is 296 g/mol. The van der Waals surface area contributed by atoms with E-state index in [0.717, 1.165) is 12.3 Å². The van der Waals surface area contributed by atoms with Crippen LogP contribution >= 0.6 is 0 Å². The first kappa shape index (κ1) is 18.0. The van der Waals surface area contributed by atoms with Crippen molar-refractivity contribution in [3.05, 3.63) is 0 Å². The molecule has 0 aromatic heterocycles. The molecule has 0 bridgehead atoms. The molecule has 0 aromatic rings.